The highest BCUT2D eigenvalue weighted by Gasteiger charge is 2.22. The molecule has 21 heavy (non-hydrogen) atoms. The van der Waals surface area contributed by atoms with Crippen LogP contribution in [-0.2, 0) is 9.47 Å². The van der Waals surface area contributed by atoms with Crippen molar-refractivity contribution < 1.29 is 9.47 Å². The second-order valence-electron chi connectivity index (χ2n) is 6.62. The van der Waals surface area contributed by atoms with Crippen LogP contribution in [0.2, 0.25) is 0 Å². The fraction of sp³-hybridized carbons (Fsp3) is 0.647. The number of hydrogen-bond donors (Lipinski definition) is 1. The van der Waals surface area contributed by atoms with Crippen molar-refractivity contribution in [1.29, 1.82) is 0 Å². The van der Waals surface area contributed by atoms with Crippen molar-refractivity contribution in [2.24, 2.45) is 0 Å². The van der Waals surface area contributed by atoms with E-state index in [0.29, 0.717) is 6.10 Å². The largest absolute Gasteiger partial charge is 0.381 e. The summed E-state index contributed by atoms with van der Waals surface area (Å²) in [5.41, 5.74) is 1.30. The van der Waals surface area contributed by atoms with E-state index in [1.54, 1.807) is 0 Å². The first-order valence-corrected chi connectivity index (χ1v) is 8.47. The Balaban J connectivity index is 2.05. The maximum atomic E-state index is 6.36. The molecular weight excluding hydrogens is 330 g/mol. The van der Waals surface area contributed by atoms with Gasteiger partial charge in [-0.3, -0.25) is 0 Å². The molecule has 4 heteroatoms. The fourth-order valence-corrected chi connectivity index (χ4v) is 2.81. The molecule has 1 aromatic carbocycles. The summed E-state index contributed by atoms with van der Waals surface area (Å²) in [4.78, 5) is 0. The van der Waals surface area contributed by atoms with E-state index >= 15 is 0 Å². The van der Waals surface area contributed by atoms with Crippen molar-refractivity contribution in [1.82, 2.24) is 5.32 Å². The van der Waals surface area contributed by atoms with Gasteiger partial charge in [-0.05, 0) is 51.3 Å². The van der Waals surface area contributed by atoms with Gasteiger partial charge in [-0.25, -0.2) is 0 Å². The van der Waals surface area contributed by atoms with Gasteiger partial charge >= 0.3 is 0 Å². The molecule has 0 spiro atoms. The summed E-state index contributed by atoms with van der Waals surface area (Å²) >= 11 is 3.55. The summed E-state index contributed by atoms with van der Waals surface area (Å²) in [7, 11) is 0. The molecule has 1 aliphatic rings. The number of benzene rings is 1. The summed E-state index contributed by atoms with van der Waals surface area (Å²) in [5, 5.41) is 3.56. The first kappa shape index (κ1) is 16.9. The zero-order valence-corrected chi connectivity index (χ0v) is 14.8. The van der Waals surface area contributed by atoms with Crippen molar-refractivity contribution in [3.63, 3.8) is 0 Å². The van der Waals surface area contributed by atoms with Crippen LogP contribution in [0.25, 0.3) is 0 Å². The summed E-state index contributed by atoms with van der Waals surface area (Å²) in [6.07, 6.45) is 2.34. The number of halogens is 1. The Morgan fingerprint density at radius 3 is 2.67 bits per heavy atom. The van der Waals surface area contributed by atoms with Crippen molar-refractivity contribution >= 4 is 15.9 Å². The fourth-order valence-electron chi connectivity index (χ4n) is 2.39. The van der Waals surface area contributed by atoms with Crippen molar-refractivity contribution in [3.8, 4) is 0 Å². The molecule has 3 nitrogen and oxygen atoms in total. The molecule has 1 aliphatic heterocycles. The second-order valence-corrected chi connectivity index (χ2v) is 7.54. The molecule has 0 aliphatic carbocycles. The topological polar surface area (TPSA) is 30.5 Å². The van der Waals surface area contributed by atoms with Crippen LogP contribution in [0.15, 0.2) is 28.7 Å². The number of nitrogens with one attached hydrogen (secondary N) is 1. The molecule has 0 saturated carbocycles. The highest BCUT2D eigenvalue weighted by atomic mass is 79.9. The predicted octanol–water partition coefficient (Wildman–Crippen LogP) is 4.07. The molecule has 0 bridgehead atoms. The van der Waals surface area contributed by atoms with E-state index in [1.165, 1.54) is 5.56 Å². The third-order valence-corrected chi connectivity index (χ3v) is 4.06. The monoisotopic (exact) mass is 355 g/mol. The quantitative estimate of drug-likeness (QED) is 0.863. The van der Waals surface area contributed by atoms with Crippen LogP contribution in [0, 0.1) is 0 Å². The van der Waals surface area contributed by atoms with Crippen LogP contribution in [-0.4, -0.2) is 31.4 Å². The lowest BCUT2D eigenvalue weighted by molar-refractivity contribution is -0.0702. The van der Waals surface area contributed by atoms with E-state index < -0.39 is 0 Å². The maximum absolute atomic E-state index is 6.36. The number of rotatable bonds is 5. The zero-order valence-electron chi connectivity index (χ0n) is 13.2. The predicted molar refractivity (Wildman–Crippen MR) is 89.6 cm³/mol. The minimum atomic E-state index is 0.0739. The smallest absolute Gasteiger partial charge is 0.0953 e. The van der Waals surface area contributed by atoms with Crippen LogP contribution in [0.3, 0.4) is 0 Å². The minimum absolute atomic E-state index is 0.0739. The number of hydrogen-bond acceptors (Lipinski definition) is 3. The van der Waals surface area contributed by atoms with E-state index in [9.17, 15) is 0 Å². The molecule has 1 saturated heterocycles. The lowest BCUT2D eigenvalue weighted by Gasteiger charge is -2.30. The van der Waals surface area contributed by atoms with Gasteiger partial charge in [0.25, 0.3) is 0 Å². The normalized spacial score (nSPS) is 18.7. The maximum Gasteiger partial charge on any atom is 0.0953 e. The van der Waals surface area contributed by atoms with E-state index in [-0.39, 0.29) is 11.6 Å². The molecule has 1 unspecified atom stereocenters. The van der Waals surface area contributed by atoms with Crippen molar-refractivity contribution in [2.75, 3.05) is 19.8 Å². The average molecular weight is 356 g/mol. The van der Waals surface area contributed by atoms with Crippen LogP contribution < -0.4 is 5.32 Å². The first-order valence-electron chi connectivity index (χ1n) is 7.68. The molecule has 0 amide bonds. The zero-order chi connectivity index (χ0) is 15.3. The summed E-state index contributed by atoms with van der Waals surface area (Å²) in [5.74, 6) is 0. The Morgan fingerprint density at radius 1 is 1.33 bits per heavy atom. The molecule has 1 heterocycles. The first-order chi connectivity index (χ1) is 9.94. The molecule has 1 fully saturated rings. The third kappa shape index (κ3) is 6.07. The van der Waals surface area contributed by atoms with Gasteiger partial charge in [-0.15, -0.1) is 0 Å². The molecule has 1 aromatic rings. The van der Waals surface area contributed by atoms with Crippen LogP contribution in [0.5, 0.6) is 0 Å². The standard InChI is InChI=1S/C17H26BrNO2/c1-17(2,3)19-12-16(13-5-4-6-14(18)11-13)21-15-7-9-20-10-8-15/h4-6,11,15-16,19H,7-10,12H2,1-3H3. The SMILES string of the molecule is CC(C)(C)NCC(OC1CCOCC1)c1cccc(Br)c1. The Labute approximate surface area is 136 Å². The van der Waals surface area contributed by atoms with Gasteiger partial charge in [-0.1, -0.05) is 28.1 Å². The van der Waals surface area contributed by atoms with Crippen molar-refractivity contribution in [2.45, 2.75) is 51.4 Å². The van der Waals surface area contributed by atoms with Gasteiger partial charge in [0.2, 0.25) is 0 Å². The molecular formula is C17H26BrNO2. The molecule has 118 valence electrons. The van der Waals surface area contributed by atoms with E-state index in [4.69, 9.17) is 9.47 Å². The Bertz CT molecular complexity index is 439. The molecule has 2 rings (SSSR count). The van der Waals surface area contributed by atoms with Gasteiger partial charge in [-0.2, -0.15) is 0 Å². The average Bonchev–Trinajstić information content (AvgIpc) is 2.43. The van der Waals surface area contributed by atoms with Crippen LogP contribution in [0.1, 0.15) is 45.3 Å². The minimum Gasteiger partial charge on any atom is -0.381 e. The van der Waals surface area contributed by atoms with Crippen molar-refractivity contribution in [3.05, 3.63) is 34.3 Å². The molecule has 0 aromatic heterocycles. The van der Waals surface area contributed by atoms with Gasteiger partial charge in [0.05, 0.1) is 12.2 Å². The van der Waals surface area contributed by atoms with Crippen LogP contribution in [0.4, 0.5) is 0 Å². The van der Waals surface area contributed by atoms with Gasteiger partial charge in [0.15, 0.2) is 0 Å². The Kier molecular flexibility index (Phi) is 6.23. The summed E-state index contributed by atoms with van der Waals surface area (Å²) < 4.78 is 12.9. The highest BCUT2D eigenvalue weighted by Crippen LogP contribution is 2.25. The lowest BCUT2D eigenvalue weighted by Crippen LogP contribution is -2.40. The highest BCUT2D eigenvalue weighted by molar-refractivity contribution is 9.10. The lowest BCUT2D eigenvalue weighted by atomic mass is 10.1. The van der Waals surface area contributed by atoms with Gasteiger partial charge < -0.3 is 14.8 Å². The number of ether oxygens (including phenoxy) is 2. The molecule has 1 atom stereocenters. The summed E-state index contributed by atoms with van der Waals surface area (Å²) in [6, 6.07) is 8.40. The van der Waals surface area contributed by atoms with E-state index in [1.807, 2.05) is 6.07 Å². The van der Waals surface area contributed by atoms with Gasteiger partial charge in [0, 0.05) is 29.8 Å². The second kappa shape index (κ2) is 7.73. The molecule has 1 N–H and O–H groups in total. The summed E-state index contributed by atoms with van der Waals surface area (Å²) in [6.45, 7) is 8.97. The Hall–Kier alpha value is -0.420. The van der Waals surface area contributed by atoms with Crippen LogP contribution >= 0.6 is 15.9 Å². The van der Waals surface area contributed by atoms with E-state index in [2.05, 4.69) is 60.2 Å². The Morgan fingerprint density at radius 2 is 2.05 bits per heavy atom. The third-order valence-electron chi connectivity index (χ3n) is 3.56. The van der Waals surface area contributed by atoms with Gasteiger partial charge in [0.1, 0.15) is 0 Å². The molecule has 0 radical (unpaired) electrons. The van der Waals surface area contributed by atoms with E-state index in [0.717, 1.165) is 37.1 Å².